The molecule has 1 fully saturated rings. The van der Waals surface area contributed by atoms with Crippen molar-refractivity contribution in [3.8, 4) is 11.1 Å². The van der Waals surface area contributed by atoms with Crippen LogP contribution in [-0.2, 0) is 19.1 Å². The Labute approximate surface area is 186 Å². The molecule has 0 saturated carbocycles. The molecule has 1 aliphatic carbocycles. The van der Waals surface area contributed by atoms with Gasteiger partial charge in [-0.1, -0.05) is 48.5 Å². The zero-order valence-electron chi connectivity index (χ0n) is 17.7. The number of alkyl carbamates (subject to hydrolysis) is 1. The van der Waals surface area contributed by atoms with Gasteiger partial charge in [0.1, 0.15) is 19.3 Å². The van der Waals surface area contributed by atoms with E-state index in [0.717, 1.165) is 11.1 Å². The van der Waals surface area contributed by atoms with E-state index in [-0.39, 0.29) is 38.2 Å². The second kappa shape index (κ2) is 9.82. The number of amides is 2. The molecular weight excluding hydrogens is 412 g/mol. The number of carbonyl (C=O) groups is 3. The molecule has 2 amide bonds. The first kappa shape index (κ1) is 21.8. The molecule has 1 aliphatic heterocycles. The summed E-state index contributed by atoms with van der Waals surface area (Å²) >= 11 is 0. The SMILES string of the molecule is O=C(NCCOCC(=O)N1CCCC1C(=O)O)OCC1c2ccccc2-c2ccccc21. The number of nitrogens with one attached hydrogen (secondary N) is 1. The van der Waals surface area contributed by atoms with Gasteiger partial charge < -0.3 is 24.8 Å². The lowest BCUT2D eigenvalue weighted by Gasteiger charge is -2.21. The van der Waals surface area contributed by atoms with Crippen LogP contribution in [0.5, 0.6) is 0 Å². The number of likely N-dealkylation sites (tertiary alicyclic amines) is 1. The molecule has 1 atom stereocenters. The molecule has 0 bridgehead atoms. The van der Waals surface area contributed by atoms with Crippen molar-refractivity contribution >= 4 is 18.0 Å². The number of hydrogen-bond donors (Lipinski definition) is 2. The fourth-order valence-corrected chi connectivity index (χ4v) is 4.44. The lowest BCUT2D eigenvalue weighted by molar-refractivity contribution is -0.150. The maximum atomic E-state index is 12.1. The van der Waals surface area contributed by atoms with E-state index in [0.29, 0.717) is 19.4 Å². The Morgan fingerprint density at radius 2 is 1.69 bits per heavy atom. The summed E-state index contributed by atoms with van der Waals surface area (Å²) in [5.41, 5.74) is 4.62. The fourth-order valence-electron chi connectivity index (χ4n) is 4.44. The molecule has 1 saturated heterocycles. The van der Waals surface area contributed by atoms with Gasteiger partial charge in [0, 0.05) is 19.0 Å². The van der Waals surface area contributed by atoms with Crippen LogP contribution in [0.2, 0.25) is 0 Å². The largest absolute Gasteiger partial charge is 0.480 e. The van der Waals surface area contributed by atoms with E-state index in [1.807, 2.05) is 24.3 Å². The smallest absolute Gasteiger partial charge is 0.407 e. The van der Waals surface area contributed by atoms with Gasteiger partial charge >= 0.3 is 12.1 Å². The average molecular weight is 438 g/mol. The molecule has 0 aromatic heterocycles. The van der Waals surface area contributed by atoms with Gasteiger partial charge in [0.25, 0.3) is 0 Å². The lowest BCUT2D eigenvalue weighted by Crippen LogP contribution is -2.42. The number of hydrogen-bond acceptors (Lipinski definition) is 5. The first-order valence-electron chi connectivity index (χ1n) is 10.7. The van der Waals surface area contributed by atoms with E-state index in [2.05, 4.69) is 29.6 Å². The van der Waals surface area contributed by atoms with E-state index in [1.54, 1.807) is 0 Å². The molecule has 0 spiro atoms. The molecular formula is C24H26N2O6. The number of ether oxygens (including phenoxy) is 2. The number of rotatable bonds is 8. The van der Waals surface area contributed by atoms with E-state index >= 15 is 0 Å². The second-order valence-electron chi connectivity index (χ2n) is 7.89. The van der Waals surface area contributed by atoms with Crippen LogP contribution in [0, 0.1) is 0 Å². The summed E-state index contributed by atoms with van der Waals surface area (Å²) in [5.74, 6) is -1.35. The Balaban J connectivity index is 1.19. The third-order valence-electron chi connectivity index (χ3n) is 5.94. The molecule has 0 radical (unpaired) electrons. The lowest BCUT2D eigenvalue weighted by atomic mass is 9.98. The van der Waals surface area contributed by atoms with Gasteiger partial charge in [0.15, 0.2) is 0 Å². The molecule has 1 unspecified atom stereocenters. The normalized spacial score (nSPS) is 17.0. The minimum atomic E-state index is -0.993. The topological polar surface area (TPSA) is 105 Å². The van der Waals surface area contributed by atoms with Crippen molar-refractivity contribution in [2.45, 2.75) is 24.8 Å². The first-order valence-corrected chi connectivity index (χ1v) is 10.7. The standard InChI is InChI=1S/C24H26N2O6/c27-22(26-12-5-10-21(26)23(28)29)15-31-13-11-25-24(30)32-14-20-18-8-3-1-6-16(18)17-7-2-4-9-19(17)20/h1-4,6-9,20-21H,5,10-15H2,(H,25,30)(H,28,29). The number of benzene rings is 2. The monoisotopic (exact) mass is 438 g/mol. The van der Waals surface area contributed by atoms with Crippen LogP contribution >= 0.6 is 0 Å². The van der Waals surface area contributed by atoms with Crippen molar-refractivity contribution in [1.29, 1.82) is 0 Å². The minimum absolute atomic E-state index is 0.00957. The Morgan fingerprint density at radius 1 is 1.03 bits per heavy atom. The number of nitrogens with zero attached hydrogens (tertiary/aromatic N) is 1. The number of aliphatic carboxylic acids is 1. The van der Waals surface area contributed by atoms with Gasteiger partial charge in [-0.15, -0.1) is 0 Å². The number of carbonyl (C=O) groups excluding carboxylic acids is 2. The van der Waals surface area contributed by atoms with Crippen LogP contribution in [0.15, 0.2) is 48.5 Å². The molecule has 2 aromatic rings. The predicted molar refractivity (Wildman–Crippen MR) is 116 cm³/mol. The summed E-state index contributed by atoms with van der Waals surface area (Å²) in [6.07, 6.45) is 0.587. The Bertz CT molecular complexity index is 962. The molecule has 1 heterocycles. The highest BCUT2D eigenvalue weighted by molar-refractivity contribution is 5.85. The highest BCUT2D eigenvalue weighted by atomic mass is 16.5. The van der Waals surface area contributed by atoms with Gasteiger partial charge in [0.2, 0.25) is 5.91 Å². The molecule has 168 valence electrons. The third-order valence-corrected chi connectivity index (χ3v) is 5.94. The van der Waals surface area contributed by atoms with Crippen molar-refractivity contribution in [2.24, 2.45) is 0 Å². The summed E-state index contributed by atoms with van der Waals surface area (Å²) in [6.45, 7) is 0.756. The summed E-state index contributed by atoms with van der Waals surface area (Å²) in [4.78, 5) is 36.8. The predicted octanol–water partition coefficient (Wildman–Crippen LogP) is 2.62. The van der Waals surface area contributed by atoms with Crippen LogP contribution in [-0.4, -0.2) is 66.9 Å². The average Bonchev–Trinajstić information content (AvgIpc) is 3.41. The fraction of sp³-hybridized carbons (Fsp3) is 0.375. The minimum Gasteiger partial charge on any atom is -0.480 e. The van der Waals surface area contributed by atoms with Gasteiger partial charge in [-0.3, -0.25) is 4.79 Å². The van der Waals surface area contributed by atoms with Crippen molar-refractivity contribution in [2.75, 3.05) is 32.9 Å². The summed E-state index contributed by atoms with van der Waals surface area (Å²) < 4.78 is 10.7. The highest BCUT2D eigenvalue weighted by Gasteiger charge is 2.33. The quantitative estimate of drug-likeness (QED) is 0.614. The number of carboxylic acid groups (broad SMARTS) is 1. The molecule has 2 aromatic carbocycles. The Morgan fingerprint density at radius 3 is 2.34 bits per heavy atom. The number of carboxylic acids is 1. The zero-order chi connectivity index (χ0) is 22.5. The Hall–Kier alpha value is -3.39. The molecule has 8 heteroatoms. The maximum Gasteiger partial charge on any atom is 0.407 e. The van der Waals surface area contributed by atoms with Crippen molar-refractivity contribution in [3.05, 3.63) is 59.7 Å². The van der Waals surface area contributed by atoms with Crippen LogP contribution in [0.25, 0.3) is 11.1 Å². The van der Waals surface area contributed by atoms with Crippen molar-refractivity contribution in [1.82, 2.24) is 10.2 Å². The third kappa shape index (κ3) is 4.60. The first-order chi connectivity index (χ1) is 15.6. The van der Waals surface area contributed by atoms with Crippen LogP contribution in [0.3, 0.4) is 0 Å². The summed E-state index contributed by atoms with van der Waals surface area (Å²) in [6, 6.07) is 15.5. The molecule has 4 rings (SSSR count). The molecule has 32 heavy (non-hydrogen) atoms. The summed E-state index contributed by atoms with van der Waals surface area (Å²) in [5, 5.41) is 11.8. The van der Waals surface area contributed by atoms with Crippen LogP contribution in [0.1, 0.15) is 29.9 Å². The van der Waals surface area contributed by atoms with Gasteiger partial charge in [0.05, 0.1) is 6.61 Å². The van der Waals surface area contributed by atoms with E-state index < -0.39 is 18.1 Å². The Kier molecular flexibility index (Phi) is 6.70. The van der Waals surface area contributed by atoms with Crippen molar-refractivity contribution in [3.63, 3.8) is 0 Å². The van der Waals surface area contributed by atoms with Crippen LogP contribution in [0.4, 0.5) is 4.79 Å². The zero-order valence-corrected chi connectivity index (χ0v) is 17.7. The van der Waals surface area contributed by atoms with E-state index in [4.69, 9.17) is 14.6 Å². The molecule has 2 N–H and O–H groups in total. The van der Waals surface area contributed by atoms with E-state index in [1.165, 1.54) is 16.0 Å². The van der Waals surface area contributed by atoms with Crippen LogP contribution < -0.4 is 5.32 Å². The van der Waals surface area contributed by atoms with Crippen molar-refractivity contribution < 1.29 is 29.0 Å². The summed E-state index contributed by atoms with van der Waals surface area (Å²) in [7, 11) is 0. The van der Waals surface area contributed by atoms with Gasteiger partial charge in [-0.2, -0.15) is 0 Å². The molecule has 8 nitrogen and oxygen atoms in total. The maximum absolute atomic E-state index is 12.1. The van der Waals surface area contributed by atoms with Gasteiger partial charge in [-0.25, -0.2) is 9.59 Å². The van der Waals surface area contributed by atoms with Gasteiger partial charge in [-0.05, 0) is 35.1 Å². The highest BCUT2D eigenvalue weighted by Crippen LogP contribution is 2.44. The second-order valence-corrected chi connectivity index (χ2v) is 7.89. The molecule has 2 aliphatic rings. The van der Waals surface area contributed by atoms with E-state index in [9.17, 15) is 14.4 Å². The number of fused-ring (bicyclic) bond motifs is 3.